The van der Waals surface area contributed by atoms with Gasteiger partial charge in [0, 0.05) is 38.3 Å². The topological polar surface area (TPSA) is 70.6 Å². The predicted octanol–water partition coefficient (Wildman–Crippen LogP) is 2.81. The summed E-state index contributed by atoms with van der Waals surface area (Å²) in [5.41, 5.74) is 0. The Morgan fingerprint density at radius 1 is 1.20 bits per heavy atom. The lowest BCUT2D eigenvalue weighted by Gasteiger charge is -2.35. The highest BCUT2D eigenvalue weighted by Crippen LogP contribution is 2.23. The van der Waals surface area contributed by atoms with Gasteiger partial charge in [0.2, 0.25) is 0 Å². The minimum absolute atomic E-state index is 0.222. The molecule has 0 atom stereocenters. The number of hydrogen-bond acceptors (Lipinski definition) is 6. The van der Waals surface area contributed by atoms with Crippen LogP contribution < -0.4 is 10.2 Å². The molecule has 2 heterocycles. The van der Waals surface area contributed by atoms with Crippen molar-refractivity contribution in [2.75, 3.05) is 43.0 Å². The van der Waals surface area contributed by atoms with E-state index in [1.165, 1.54) is 32.1 Å². The second-order valence-electron chi connectivity index (χ2n) is 6.81. The number of carbonyl (C=O) groups excluding carboxylic acids is 1. The normalized spacial score (nSPS) is 19.0. The first-order valence-corrected chi connectivity index (χ1v) is 9.44. The first-order chi connectivity index (χ1) is 12.2. The standard InChI is InChI=1S/C18H29N5O2/c1-3-25-18(24)23-11-9-22(10-12-23)17-13-16(19-14(2)20-17)21-15-7-5-4-6-8-15/h13,15H,3-12H2,1-2H3,(H,19,20,21). The number of amides is 1. The lowest BCUT2D eigenvalue weighted by Crippen LogP contribution is -2.49. The van der Waals surface area contributed by atoms with Crippen molar-refractivity contribution in [2.45, 2.75) is 52.0 Å². The van der Waals surface area contributed by atoms with E-state index in [4.69, 9.17) is 4.74 Å². The van der Waals surface area contributed by atoms with Crippen LogP contribution in [0.25, 0.3) is 0 Å². The van der Waals surface area contributed by atoms with Crippen molar-refractivity contribution >= 4 is 17.7 Å². The third kappa shape index (κ3) is 4.74. The SMILES string of the molecule is CCOC(=O)N1CCN(c2cc(NC3CCCCC3)nc(C)n2)CC1. The molecule has 1 aliphatic heterocycles. The molecule has 2 fully saturated rings. The summed E-state index contributed by atoms with van der Waals surface area (Å²) < 4.78 is 5.08. The van der Waals surface area contributed by atoms with Gasteiger partial charge in [0.05, 0.1) is 6.61 Å². The van der Waals surface area contributed by atoms with Crippen LogP contribution in [0.5, 0.6) is 0 Å². The van der Waals surface area contributed by atoms with Crippen LogP contribution in [0, 0.1) is 6.92 Å². The summed E-state index contributed by atoms with van der Waals surface area (Å²) in [6, 6.07) is 2.57. The van der Waals surface area contributed by atoms with Crippen molar-refractivity contribution in [3.05, 3.63) is 11.9 Å². The number of nitrogens with zero attached hydrogens (tertiary/aromatic N) is 4. The number of aromatic nitrogens is 2. The summed E-state index contributed by atoms with van der Waals surface area (Å²) in [5, 5.41) is 3.58. The Labute approximate surface area is 149 Å². The predicted molar refractivity (Wildman–Crippen MR) is 98.1 cm³/mol. The van der Waals surface area contributed by atoms with Crippen molar-refractivity contribution in [2.24, 2.45) is 0 Å². The summed E-state index contributed by atoms with van der Waals surface area (Å²) in [4.78, 5) is 25.0. The maximum absolute atomic E-state index is 11.8. The molecule has 1 saturated heterocycles. The van der Waals surface area contributed by atoms with Gasteiger partial charge in [-0.15, -0.1) is 0 Å². The molecule has 0 radical (unpaired) electrons. The second kappa shape index (κ2) is 8.36. The fourth-order valence-electron chi connectivity index (χ4n) is 3.58. The maximum Gasteiger partial charge on any atom is 0.409 e. The Balaban J connectivity index is 1.61. The Hall–Kier alpha value is -2.05. The highest BCUT2D eigenvalue weighted by Gasteiger charge is 2.23. The Morgan fingerprint density at radius 3 is 2.60 bits per heavy atom. The van der Waals surface area contributed by atoms with Crippen molar-refractivity contribution in [1.82, 2.24) is 14.9 Å². The fraction of sp³-hybridized carbons (Fsp3) is 0.722. The van der Waals surface area contributed by atoms with Gasteiger partial charge < -0.3 is 19.9 Å². The highest BCUT2D eigenvalue weighted by molar-refractivity contribution is 5.68. The molecule has 1 saturated carbocycles. The first kappa shape index (κ1) is 17.8. The molecular formula is C18H29N5O2. The molecule has 0 spiro atoms. The van der Waals surface area contributed by atoms with Crippen LogP contribution in [-0.4, -0.2) is 59.8 Å². The number of aryl methyl sites for hydroxylation is 1. The van der Waals surface area contributed by atoms with E-state index in [9.17, 15) is 4.79 Å². The number of hydrogen-bond donors (Lipinski definition) is 1. The second-order valence-corrected chi connectivity index (χ2v) is 6.81. The third-order valence-electron chi connectivity index (χ3n) is 4.91. The lowest BCUT2D eigenvalue weighted by molar-refractivity contribution is 0.105. The Bertz CT molecular complexity index is 581. The van der Waals surface area contributed by atoms with E-state index in [-0.39, 0.29) is 6.09 Å². The van der Waals surface area contributed by atoms with Crippen LogP contribution in [0.2, 0.25) is 0 Å². The Kier molecular flexibility index (Phi) is 5.94. The van der Waals surface area contributed by atoms with Crippen LogP contribution in [0.4, 0.5) is 16.4 Å². The summed E-state index contributed by atoms with van der Waals surface area (Å²) in [6.45, 7) is 7.03. The van der Waals surface area contributed by atoms with E-state index in [1.807, 2.05) is 19.9 Å². The zero-order valence-electron chi connectivity index (χ0n) is 15.3. The van der Waals surface area contributed by atoms with E-state index < -0.39 is 0 Å². The average Bonchev–Trinajstić information content (AvgIpc) is 2.62. The molecule has 1 amide bonds. The molecular weight excluding hydrogens is 318 g/mol. The van der Waals surface area contributed by atoms with Gasteiger partial charge in [-0.05, 0) is 26.7 Å². The van der Waals surface area contributed by atoms with Gasteiger partial charge in [0.25, 0.3) is 0 Å². The molecule has 1 aromatic rings. The minimum Gasteiger partial charge on any atom is -0.450 e. The number of nitrogens with one attached hydrogen (secondary N) is 1. The summed E-state index contributed by atoms with van der Waals surface area (Å²) in [6.07, 6.45) is 6.15. The molecule has 1 aromatic heterocycles. The largest absolute Gasteiger partial charge is 0.450 e. The molecule has 3 rings (SSSR count). The molecule has 0 bridgehead atoms. The van der Waals surface area contributed by atoms with Crippen LogP contribution >= 0.6 is 0 Å². The summed E-state index contributed by atoms with van der Waals surface area (Å²) in [5.74, 6) is 2.64. The highest BCUT2D eigenvalue weighted by atomic mass is 16.6. The molecule has 2 aliphatic rings. The van der Waals surface area contributed by atoms with E-state index in [1.54, 1.807) is 4.90 Å². The van der Waals surface area contributed by atoms with E-state index >= 15 is 0 Å². The molecule has 138 valence electrons. The van der Waals surface area contributed by atoms with Gasteiger partial charge in [-0.25, -0.2) is 14.8 Å². The molecule has 7 nitrogen and oxygen atoms in total. The van der Waals surface area contributed by atoms with Gasteiger partial charge in [-0.3, -0.25) is 0 Å². The van der Waals surface area contributed by atoms with Crippen molar-refractivity contribution in [3.8, 4) is 0 Å². The smallest absolute Gasteiger partial charge is 0.409 e. The molecule has 7 heteroatoms. The monoisotopic (exact) mass is 347 g/mol. The van der Waals surface area contributed by atoms with Crippen molar-refractivity contribution in [3.63, 3.8) is 0 Å². The first-order valence-electron chi connectivity index (χ1n) is 9.44. The number of anilines is 2. The molecule has 25 heavy (non-hydrogen) atoms. The van der Waals surface area contributed by atoms with E-state index in [2.05, 4.69) is 20.2 Å². The fourth-order valence-corrected chi connectivity index (χ4v) is 3.58. The van der Waals surface area contributed by atoms with Gasteiger partial charge in [0.1, 0.15) is 17.5 Å². The average molecular weight is 347 g/mol. The molecule has 0 aromatic carbocycles. The zero-order chi connectivity index (χ0) is 17.6. The van der Waals surface area contributed by atoms with E-state index in [0.29, 0.717) is 25.7 Å². The quantitative estimate of drug-likeness (QED) is 0.903. The zero-order valence-corrected chi connectivity index (χ0v) is 15.3. The van der Waals surface area contributed by atoms with Crippen LogP contribution in [0.1, 0.15) is 44.9 Å². The van der Waals surface area contributed by atoms with Crippen molar-refractivity contribution in [1.29, 1.82) is 0 Å². The van der Waals surface area contributed by atoms with Gasteiger partial charge >= 0.3 is 6.09 Å². The van der Waals surface area contributed by atoms with Crippen LogP contribution in [-0.2, 0) is 4.74 Å². The third-order valence-corrected chi connectivity index (χ3v) is 4.91. The van der Waals surface area contributed by atoms with Crippen LogP contribution in [0.3, 0.4) is 0 Å². The van der Waals surface area contributed by atoms with Gasteiger partial charge in [-0.2, -0.15) is 0 Å². The minimum atomic E-state index is -0.222. The number of rotatable bonds is 4. The summed E-state index contributed by atoms with van der Waals surface area (Å²) >= 11 is 0. The number of carbonyl (C=O) groups is 1. The molecule has 1 N–H and O–H groups in total. The summed E-state index contributed by atoms with van der Waals surface area (Å²) in [7, 11) is 0. The Morgan fingerprint density at radius 2 is 1.92 bits per heavy atom. The molecule has 1 aliphatic carbocycles. The number of piperazine rings is 1. The lowest BCUT2D eigenvalue weighted by atomic mass is 9.95. The van der Waals surface area contributed by atoms with Crippen LogP contribution in [0.15, 0.2) is 6.07 Å². The van der Waals surface area contributed by atoms with Gasteiger partial charge in [0.15, 0.2) is 0 Å². The van der Waals surface area contributed by atoms with Crippen molar-refractivity contribution < 1.29 is 9.53 Å². The maximum atomic E-state index is 11.8. The van der Waals surface area contributed by atoms with Gasteiger partial charge in [-0.1, -0.05) is 19.3 Å². The molecule has 0 unspecified atom stereocenters. The number of ether oxygens (including phenoxy) is 1. The van der Waals surface area contributed by atoms with E-state index in [0.717, 1.165) is 30.5 Å².